The van der Waals surface area contributed by atoms with Crippen molar-refractivity contribution in [1.29, 1.82) is 0 Å². The zero-order valence-electron chi connectivity index (χ0n) is 9.76. The van der Waals surface area contributed by atoms with Gasteiger partial charge in [-0.25, -0.2) is 0 Å². The van der Waals surface area contributed by atoms with Gasteiger partial charge < -0.3 is 10.1 Å². The Kier molecular flexibility index (Phi) is 2.85. The Hall–Kier alpha value is -1.18. The summed E-state index contributed by atoms with van der Waals surface area (Å²) in [6.45, 7) is 5.14. The Morgan fingerprint density at radius 1 is 1.27 bits per heavy atom. The molecule has 0 amide bonds. The number of hydrogen-bond acceptors (Lipinski definition) is 2. The van der Waals surface area contributed by atoms with Crippen molar-refractivity contribution < 1.29 is 4.74 Å². The molecule has 1 aliphatic rings. The second kappa shape index (κ2) is 4.13. The average Bonchev–Trinajstić information content (AvgIpc) is 3.04. The standard InChI is InChI=1S/C13H19NO/c1-9-10(2)13(7-6-12(9)14-3)15-8-11-4-5-11/h6-7,11,14H,4-5,8H2,1-3H3. The zero-order valence-corrected chi connectivity index (χ0v) is 9.76. The number of benzene rings is 1. The highest BCUT2D eigenvalue weighted by atomic mass is 16.5. The average molecular weight is 205 g/mol. The van der Waals surface area contributed by atoms with Gasteiger partial charge in [-0.3, -0.25) is 0 Å². The van der Waals surface area contributed by atoms with Gasteiger partial charge in [-0.15, -0.1) is 0 Å². The van der Waals surface area contributed by atoms with Crippen molar-refractivity contribution >= 4 is 5.69 Å². The molecule has 0 bridgehead atoms. The van der Waals surface area contributed by atoms with Crippen LogP contribution in [0.5, 0.6) is 5.75 Å². The van der Waals surface area contributed by atoms with Crippen LogP contribution in [0, 0.1) is 19.8 Å². The van der Waals surface area contributed by atoms with E-state index >= 15 is 0 Å². The molecule has 0 spiro atoms. The van der Waals surface area contributed by atoms with E-state index in [-0.39, 0.29) is 0 Å². The lowest BCUT2D eigenvalue weighted by atomic mass is 10.1. The summed E-state index contributed by atoms with van der Waals surface area (Å²) in [6, 6.07) is 4.15. The zero-order chi connectivity index (χ0) is 10.8. The molecule has 0 saturated heterocycles. The fourth-order valence-electron chi connectivity index (χ4n) is 1.72. The van der Waals surface area contributed by atoms with Crippen LogP contribution in [0.4, 0.5) is 5.69 Å². The van der Waals surface area contributed by atoms with Gasteiger partial charge in [0.1, 0.15) is 5.75 Å². The number of anilines is 1. The van der Waals surface area contributed by atoms with E-state index in [4.69, 9.17) is 4.74 Å². The molecule has 2 heteroatoms. The normalized spacial score (nSPS) is 15.1. The van der Waals surface area contributed by atoms with Crippen molar-refractivity contribution in [2.24, 2.45) is 5.92 Å². The Balaban J connectivity index is 2.12. The van der Waals surface area contributed by atoms with Crippen molar-refractivity contribution in [3.63, 3.8) is 0 Å². The molecule has 2 nitrogen and oxygen atoms in total. The lowest BCUT2D eigenvalue weighted by molar-refractivity contribution is 0.297. The van der Waals surface area contributed by atoms with Gasteiger partial charge in [0.2, 0.25) is 0 Å². The van der Waals surface area contributed by atoms with Crippen LogP contribution in [0.1, 0.15) is 24.0 Å². The molecule has 0 aromatic heterocycles. The summed E-state index contributed by atoms with van der Waals surface area (Å²) < 4.78 is 5.81. The molecule has 0 atom stereocenters. The highest BCUT2D eigenvalue weighted by Crippen LogP contribution is 2.32. The van der Waals surface area contributed by atoms with E-state index in [0.717, 1.165) is 18.3 Å². The first-order valence-corrected chi connectivity index (χ1v) is 5.63. The second-order valence-corrected chi connectivity index (χ2v) is 4.37. The van der Waals surface area contributed by atoms with Gasteiger partial charge in [-0.2, -0.15) is 0 Å². The first kappa shape index (κ1) is 10.3. The van der Waals surface area contributed by atoms with Crippen molar-refractivity contribution in [1.82, 2.24) is 0 Å². The minimum Gasteiger partial charge on any atom is -0.493 e. The van der Waals surface area contributed by atoms with E-state index in [2.05, 4.69) is 31.3 Å². The molecule has 1 aliphatic carbocycles. The van der Waals surface area contributed by atoms with Crippen molar-refractivity contribution in [3.8, 4) is 5.75 Å². The Morgan fingerprint density at radius 2 is 2.00 bits per heavy atom. The van der Waals surface area contributed by atoms with Crippen LogP contribution in [-0.2, 0) is 0 Å². The maximum atomic E-state index is 5.81. The van der Waals surface area contributed by atoms with Crippen LogP contribution in [-0.4, -0.2) is 13.7 Å². The van der Waals surface area contributed by atoms with E-state index in [1.54, 1.807) is 0 Å². The molecular weight excluding hydrogens is 186 g/mol. The summed E-state index contributed by atoms with van der Waals surface area (Å²) >= 11 is 0. The largest absolute Gasteiger partial charge is 0.493 e. The summed E-state index contributed by atoms with van der Waals surface area (Å²) in [5.41, 5.74) is 3.72. The van der Waals surface area contributed by atoms with Crippen LogP contribution in [0.15, 0.2) is 12.1 Å². The van der Waals surface area contributed by atoms with Gasteiger partial charge in [0, 0.05) is 12.7 Å². The summed E-state index contributed by atoms with van der Waals surface area (Å²) in [4.78, 5) is 0. The number of hydrogen-bond donors (Lipinski definition) is 1. The van der Waals surface area contributed by atoms with Gasteiger partial charge in [0.25, 0.3) is 0 Å². The van der Waals surface area contributed by atoms with E-state index in [1.165, 1.54) is 29.7 Å². The molecule has 82 valence electrons. The van der Waals surface area contributed by atoms with E-state index in [1.807, 2.05) is 7.05 Å². The smallest absolute Gasteiger partial charge is 0.122 e. The molecule has 0 aliphatic heterocycles. The maximum absolute atomic E-state index is 5.81. The quantitative estimate of drug-likeness (QED) is 0.815. The summed E-state index contributed by atoms with van der Waals surface area (Å²) in [6.07, 6.45) is 2.68. The summed E-state index contributed by atoms with van der Waals surface area (Å²) in [5.74, 6) is 1.85. The minimum absolute atomic E-state index is 0.814. The van der Waals surface area contributed by atoms with Crippen molar-refractivity contribution in [2.45, 2.75) is 26.7 Å². The van der Waals surface area contributed by atoms with Crippen molar-refractivity contribution in [2.75, 3.05) is 19.0 Å². The molecule has 0 radical (unpaired) electrons. The molecule has 1 N–H and O–H groups in total. The Labute approximate surface area is 91.6 Å². The molecule has 1 aromatic rings. The van der Waals surface area contributed by atoms with E-state index in [0.29, 0.717) is 0 Å². The second-order valence-electron chi connectivity index (χ2n) is 4.37. The Morgan fingerprint density at radius 3 is 2.60 bits per heavy atom. The number of rotatable bonds is 4. The number of ether oxygens (including phenoxy) is 1. The lowest BCUT2D eigenvalue weighted by Gasteiger charge is -2.13. The predicted molar refractivity (Wildman–Crippen MR) is 63.7 cm³/mol. The third-order valence-corrected chi connectivity index (χ3v) is 3.18. The fraction of sp³-hybridized carbons (Fsp3) is 0.538. The van der Waals surface area contributed by atoms with E-state index in [9.17, 15) is 0 Å². The highest BCUT2D eigenvalue weighted by Gasteiger charge is 2.22. The fourth-order valence-corrected chi connectivity index (χ4v) is 1.72. The monoisotopic (exact) mass is 205 g/mol. The molecular formula is C13H19NO. The van der Waals surface area contributed by atoms with Crippen molar-refractivity contribution in [3.05, 3.63) is 23.3 Å². The maximum Gasteiger partial charge on any atom is 0.122 e. The van der Waals surface area contributed by atoms with Crippen LogP contribution in [0.3, 0.4) is 0 Å². The van der Waals surface area contributed by atoms with Crippen LogP contribution in [0.25, 0.3) is 0 Å². The summed E-state index contributed by atoms with van der Waals surface area (Å²) in [7, 11) is 1.95. The molecule has 1 saturated carbocycles. The van der Waals surface area contributed by atoms with Gasteiger partial charge >= 0.3 is 0 Å². The third-order valence-electron chi connectivity index (χ3n) is 3.18. The Bertz CT molecular complexity index is 356. The van der Waals surface area contributed by atoms with Gasteiger partial charge in [-0.05, 0) is 55.9 Å². The highest BCUT2D eigenvalue weighted by molar-refractivity contribution is 5.57. The molecule has 0 unspecified atom stereocenters. The minimum atomic E-state index is 0.814. The number of nitrogens with one attached hydrogen (secondary N) is 1. The first-order chi connectivity index (χ1) is 7.22. The lowest BCUT2D eigenvalue weighted by Crippen LogP contribution is -2.02. The van der Waals surface area contributed by atoms with Gasteiger partial charge in [-0.1, -0.05) is 0 Å². The van der Waals surface area contributed by atoms with Gasteiger partial charge in [0.05, 0.1) is 6.61 Å². The molecule has 15 heavy (non-hydrogen) atoms. The topological polar surface area (TPSA) is 21.3 Å². The molecule has 1 fully saturated rings. The molecule has 1 aromatic carbocycles. The SMILES string of the molecule is CNc1ccc(OCC2CC2)c(C)c1C. The molecule has 2 rings (SSSR count). The van der Waals surface area contributed by atoms with Crippen LogP contribution in [0.2, 0.25) is 0 Å². The van der Waals surface area contributed by atoms with Crippen LogP contribution < -0.4 is 10.1 Å². The van der Waals surface area contributed by atoms with Gasteiger partial charge in [0.15, 0.2) is 0 Å². The predicted octanol–water partition coefficient (Wildman–Crippen LogP) is 3.13. The first-order valence-electron chi connectivity index (χ1n) is 5.63. The summed E-state index contributed by atoms with van der Waals surface area (Å²) in [5, 5.41) is 3.18. The third kappa shape index (κ3) is 2.25. The van der Waals surface area contributed by atoms with Crippen LogP contribution >= 0.6 is 0 Å². The van der Waals surface area contributed by atoms with E-state index < -0.39 is 0 Å². The molecule has 0 heterocycles.